The molecular formula is C14H22O3S. The molecule has 0 radical (unpaired) electrons. The standard InChI is InChI=1S/C14H22O3S/c1-4-9-12(5-2)17-13-10-7-8-11-14(13)18(15,16)6-3/h7-8,10-12H,4-6,9H2,1-3H3. The van der Waals surface area contributed by atoms with Crippen LogP contribution in [0.4, 0.5) is 0 Å². The summed E-state index contributed by atoms with van der Waals surface area (Å²) in [4.78, 5) is 0.307. The minimum atomic E-state index is -3.22. The third kappa shape index (κ3) is 3.73. The van der Waals surface area contributed by atoms with E-state index in [0.29, 0.717) is 10.6 Å². The van der Waals surface area contributed by atoms with Crippen LogP contribution < -0.4 is 4.74 Å². The summed E-state index contributed by atoms with van der Waals surface area (Å²) in [5, 5.41) is 0. The molecule has 4 heteroatoms. The van der Waals surface area contributed by atoms with Gasteiger partial charge in [-0.05, 0) is 25.0 Å². The van der Waals surface area contributed by atoms with Crippen molar-refractivity contribution in [3.05, 3.63) is 24.3 Å². The SMILES string of the molecule is CCCC(CC)Oc1ccccc1S(=O)(=O)CC. The normalized spacial score (nSPS) is 13.3. The first-order valence-electron chi connectivity index (χ1n) is 6.53. The van der Waals surface area contributed by atoms with Gasteiger partial charge < -0.3 is 4.74 Å². The quantitative estimate of drug-likeness (QED) is 0.762. The first-order chi connectivity index (χ1) is 8.55. The second-order valence-electron chi connectivity index (χ2n) is 4.29. The summed E-state index contributed by atoms with van der Waals surface area (Å²) in [6.07, 6.45) is 2.94. The van der Waals surface area contributed by atoms with Crippen LogP contribution in [0, 0.1) is 0 Å². The molecule has 18 heavy (non-hydrogen) atoms. The lowest BCUT2D eigenvalue weighted by molar-refractivity contribution is 0.181. The van der Waals surface area contributed by atoms with Gasteiger partial charge in [0.2, 0.25) is 0 Å². The summed E-state index contributed by atoms with van der Waals surface area (Å²) in [5.41, 5.74) is 0. The maximum atomic E-state index is 12.0. The number of ether oxygens (including phenoxy) is 1. The molecule has 0 saturated heterocycles. The van der Waals surface area contributed by atoms with Crippen LogP contribution in [0.15, 0.2) is 29.2 Å². The van der Waals surface area contributed by atoms with E-state index in [1.165, 1.54) is 0 Å². The Hall–Kier alpha value is -1.03. The molecule has 1 aromatic rings. The van der Waals surface area contributed by atoms with Crippen LogP contribution in [-0.4, -0.2) is 20.3 Å². The third-order valence-corrected chi connectivity index (χ3v) is 4.69. The fourth-order valence-electron chi connectivity index (χ4n) is 1.81. The van der Waals surface area contributed by atoms with E-state index < -0.39 is 9.84 Å². The highest BCUT2D eigenvalue weighted by atomic mass is 32.2. The van der Waals surface area contributed by atoms with Gasteiger partial charge in [0.25, 0.3) is 0 Å². The molecule has 0 fully saturated rings. The first-order valence-corrected chi connectivity index (χ1v) is 8.18. The molecule has 0 amide bonds. The van der Waals surface area contributed by atoms with E-state index in [1.54, 1.807) is 25.1 Å². The minimum absolute atomic E-state index is 0.0863. The van der Waals surface area contributed by atoms with Crippen LogP contribution in [0.1, 0.15) is 40.0 Å². The monoisotopic (exact) mass is 270 g/mol. The maximum absolute atomic E-state index is 12.0. The number of benzene rings is 1. The first kappa shape index (κ1) is 15.0. The Morgan fingerprint density at radius 2 is 1.83 bits per heavy atom. The van der Waals surface area contributed by atoms with Gasteiger partial charge in [0.15, 0.2) is 9.84 Å². The van der Waals surface area contributed by atoms with Crippen molar-refractivity contribution in [3.63, 3.8) is 0 Å². The van der Waals surface area contributed by atoms with Crippen LogP contribution in [0.2, 0.25) is 0 Å². The van der Waals surface area contributed by atoms with Crippen LogP contribution in [-0.2, 0) is 9.84 Å². The van der Waals surface area contributed by atoms with Crippen molar-refractivity contribution in [2.24, 2.45) is 0 Å². The second-order valence-corrected chi connectivity index (χ2v) is 6.53. The molecule has 0 aliphatic rings. The van der Waals surface area contributed by atoms with E-state index >= 15 is 0 Å². The van der Waals surface area contributed by atoms with E-state index in [0.717, 1.165) is 19.3 Å². The van der Waals surface area contributed by atoms with E-state index in [2.05, 4.69) is 13.8 Å². The second kappa shape index (κ2) is 6.78. The van der Waals surface area contributed by atoms with Gasteiger partial charge in [-0.1, -0.05) is 39.3 Å². The Morgan fingerprint density at radius 3 is 2.39 bits per heavy atom. The molecule has 1 unspecified atom stereocenters. The summed E-state index contributed by atoms with van der Waals surface area (Å²) < 4.78 is 29.8. The summed E-state index contributed by atoms with van der Waals surface area (Å²) in [6, 6.07) is 6.90. The van der Waals surface area contributed by atoms with Crippen molar-refractivity contribution in [3.8, 4) is 5.75 Å². The van der Waals surface area contributed by atoms with Crippen LogP contribution in [0.25, 0.3) is 0 Å². The molecule has 0 heterocycles. The van der Waals surface area contributed by atoms with Crippen molar-refractivity contribution in [2.75, 3.05) is 5.75 Å². The molecule has 1 rings (SSSR count). The van der Waals surface area contributed by atoms with Gasteiger partial charge in [-0.3, -0.25) is 0 Å². The van der Waals surface area contributed by atoms with E-state index in [9.17, 15) is 8.42 Å². The van der Waals surface area contributed by atoms with E-state index in [4.69, 9.17) is 4.74 Å². The maximum Gasteiger partial charge on any atom is 0.181 e. The Morgan fingerprint density at radius 1 is 1.17 bits per heavy atom. The number of para-hydroxylation sites is 1. The highest BCUT2D eigenvalue weighted by Gasteiger charge is 2.19. The summed E-state index contributed by atoms with van der Waals surface area (Å²) in [6.45, 7) is 5.80. The molecular weight excluding hydrogens is 248 g/mol. The van der Waals surface area contributed by atoms with Gasteiger partial charge in [0.05, 0.1) is 11.9 Å². The van der Waals surface area contributed by atoms with Gasteiger partial charge in [-0.2, -0.15) is 0 Å². The average molecular weight is 270 g/mol. The van der Waals surface area contributed by atoms with Crippen molar-refractivity contribution in [2.45, 2.75) is 51.0 Å². The van der Waals surface area contributed by atoms with Crippen molar-refractivity contribution < 1.29 is 13.2 Å². The Labute approximate surface area is 110 Å². The molecule has 0 aliphatic heterocycles. The smallest absolute Gasteiger partial charge is 0.181 e. The van der Waals surface area contributed by atoms with Gasteiger partial charge >= 0.3 is 0 Å². The zero-order valence-corrected chi connectivity index (χ0v) is 12.2. The summed E-state index contributed by atoms with van der Waals surface area (Å²) in [7, 11) is -3.22. The van der Waals surface area contributed by atoms with E-state index in [-0.39, 0.29) is 11.9 Å². The minimum Gasteiger partial charge on any atom is -0.489 e. The zero-order valence-electron chi connectivity index (χ0n) is 11.3. The molecule has 0 N–H and O–H groups in total. The molecule has 0 spiro atoms. The molecule has 0 saturated carbocycles. The fraction of sp³-hybridized carbons (Fsp3) is 0.571. The lowest BCUT2D eigenvalue weighted by Gasteiger charge is -2.19. The third-order valence-electron chi connectivity index (χ3n) is 2.92. The van der Waals surface area contributed by atoms with Gasteiger partial charge in [0.1, 0.15) is 10.6 Å². The lowest BCUT2D eigenvalue weighted by atomic mass is 10.1. The zero-order chi connectivity index (χ0) is 13.6. The number of rotatable bonds is 7. The fourth-order valence-corrected chi connectivity index (χ4v) is 2.83. The largest absolute Gasteiger partial charge is 0.489 e. The van der Waals surface area contributed by atoms with Gasteiger partial charge in [-0.15, -0.1) is 0 Å². The van der Waals surface area contributed by atoms with Crippen LogP contribution in [0.3, 0.4) is 0 Å². The summed E-state index contributed by atoms with van der Waals surface area (Å²) in [5.74, 6) is 0.581. The van der Waals surface area contributed by atoms with Gasteiger partial charge in [-0.25, -0.2) is 8.42 Å². The number of hydrogen-bond acceptors (Lipinski definition) is 3. The van der Waals surface area contributed by atoms with Crippen molar-refractivity contribution in [1.82, 2.24) is 0 Å². The Bertz CT molecular complexity index is 466. The predicted octanol–water partition coefficient (Wildman–Crippen LogP) is 3.44. The predicted molar refractivity (Wildman–Crippen MR) is 73.8 cm³/mol. The molecule has 0 aliphatic carbocycles. The highest BCUT2D eigenvalue weighted by Crippen LogP contribution is 2.26. The Kier molecular flexibility index (Phi) is 5.66. The van der Waals surface area contributed by atoms with Crippen LogP contribution >= 0.6 is 0 Å². The van der Waals surface area contributed by atoms with Gasteiger partial charge in [0, 0.05) is 0 Å². The molecule has 3 nitrogen and oxygen atoms in total. The number of hydrogen-bond donors (Lipinski definition) is 0. The summed E-state index contributed by atoms with van der Waals surface area (Å²) >= 11 is 0. The topological polar surface area (TPSA) is 43.4 Å². The van der Waals surface area contributed by atoms with Crippen molar-refractivity contribution >= 4 is 9.84 Å². The molecule has 1 atom stereocenters. The Balaban J connectivity index is 3.03. The van der Waals surface area contributed by atoms with E-state index in [1.807, 2.05) is 6.07 Å². The molecule has 1 aromatic carbocycles. The average Bonchev–Trinajstić information content (AvgIpc) is 2.38. The number of sulfone groups is 1. The van der Waals surface area contributed by atoms with Crippen LogP contribution in [0.5, 0.6) is 5.75 Å². The molecule has 0 bridgehead atoms. The molecule has 0 aromatic heterocycles. The highest BCUT2D eigenvalue weighted by molar-refractivity contribution is 7.91. The van der Waals surface area contributed by atoms with Crippen molar-refractivity contribution in [1.29, 1.82) is 0 Å². The molecule has 102 valence electrons. The lowest BCUT2D eigenvalue weighted by Crippen LogP contribution is -2.17.